The molecule has 1 fully saturated rings. The van der Waals surface area contributed by atoms with Gasteiger partial charge in [-0.1, -0.05) is 72.8 Å². The van der Waals surface area contributed by atoms with Crippen molar-refractivity contribution in [3.63, 3.8) is 0 Å². The zero-order valence-electron chi connectivity index (χ0n) is 19.9. The van der Waals surface area contributed by atoms with Crippen LogP contribution in [-0.4, -0.2) is 56.4 Å². The number of rotatable bonds is 10. The first kappa shape index (κ1) is 25.1. The number of benzene rings is 3. The highest BCUT2D eigenvalue weighted by Gasteiger charge is 2.26. The summed E-state index contributed by atoms with van der Waals surface area (Å²) in [6.07, 6.45) is 1.73. The second-order valence-electron chi connectivity index (χ2n) is 8.70. The molecule has 4 rings (SSSR count). The fraction of sp³-hybridized carbons (Fsp3) is 0.321. The van der Waals surface area contributed by atoms with Crippen molar-refractivity contribution in [3.8, 4) is 0 Å². The third-order valence-corrected chi connectivity index (χ3v) is 8.15. The van der Waals surface area contributed by atoms with E-state index in [0.717, 1.165) is 17.5 Å². The first-order chi connectivity index (χ1) is 17.0. The summed E-state index contributed by atoms with van der Waals surface area (Å²) < 4.78 is 32.4. The average Bonchev–Trinajstić information content (AvgIpc) is 2.91. The van der Waals surface area contributed by atoms with Crippen LogP contribution in [0.15, 0.2) is 89.8 Å². The van der Waals surface area contributed by atoms with Gasteiger partial charge in [0.05, 0.1) is 18.1 Å². The molecular formula is C28H32N2O4S. The van der Waals surface area contributed by atoms with Gasteiger partial charge in [-0.15, -0.1) is 0 Å². The number of aryl methyl sites for hydroxylation is 1. The Labute approximate surface area is 208 Å². The van der Waals surface area contributed by atoms with Crippen molar-refractivity contribution < 1.29 is 17.9 Å². The van der Waals surface area contributed by atoms with E-state index in [1.807, 2.05) is 65.6 Å². The van der Waals surface area contributed by atoms with Crippen molar-refractivity contribution in [2.24, 2.45) is 0 Å². The van der Waals surface area contributed by atoms with Gasteiger partial charge in [0, 0.05) is 32.6 Å². The number of amides is 1. The van der Waals surface area contributed by atoms with Crippen LogP contribution in [0.25, 0.3) is 0 Å². The Balaban J connectivity index is 1.38. The molecule has 0 unspecified atom stereocenters. The Morgan fingerprint density at radius 3 is 1.97 bits per heavy atom. The minimum Gasteiger partial charge on any atom is -0.379 e. The molecule has 184 valence electrons. The summed E-state index contributed by atoms with van der Waals surface area (Å²) in [5, 5.41) is 0. The van der Waals surface area contributed by atoms with Crippen molar-refractivity contribution in [1.29, 1.82) is 0 Å². The first-order valence-electron chi connectivity index (χ1n) is 12.0. The number of hydrogen-bond acceptors (Lipinski definition) is 4. The molecule has 0 radical (unpaired) electrons. The van der Waals surface area contributed by atoms with E-state index in [9.17, 15) is 13.2 Å². The van der Waals surface area contributed by atoms with Gasteiger partial charge in [-0.3, -0.25) is 4.79 Å². The molecule has 3 aromatic carbocycles. The van der Waals surface area contributed by atoms with Crippen molar-refractivity contribution in [3.05, 3.63) is 102 Å². The molecular weight excluding hydrogens is 460 g/mol. The van der Waals surface area contributed by atoms with Gasteiger partial charge in [0.25, 0.3) is 0 Å². The highest BCUT2D eigenvalue weighted by atomic mass is 32.2. The smallest absolute Gasteiger partial charge is 0.243 e. The molecule has 1 aliphatic heterocycles. The molecule has 0 aromatic heterocycles. The molecule has 0 spiro atoms. The summed E-state index contributed by atoms with van der Waals surface area (Å²) in [4.78, 5) is 15.4. The molecule has 0 N–H and O–H groups in total. The topological polar surface area (TPSA) is 66.9 Å². The van der Waals surface area contributed by atoms with Gasteiger partial charge >= 0.3 is 0 Å². The molecule has 1 heterocycles. The molecule has 1 aliphatic rings. The fourth-order valence-corrected chi connectivity index (χ4v) is 5.59. The lowest BCUT2D eigenvalue weighted by Crippen LogP contribution is -2.40. The van der Waals surface area contributed by atoms with E-state index in [1.54, 1.807) is 12.1 Å². The van der Waals surface area contributed by atoms with Gasteiger partial charge in [0.15, 0.2) is 0 Å². The van der Waals surface area contributed by atoms with Crippen molar-refractivity contribution in [2.45, 2.75) is 30.7 Å². The molecule has 1 amide bonds. The maximum Gasteiger partial charge on any atom is 0.243 e. The number of hydrogen-bond donors (Lipinski definition) is 0. The Kier molecular flexibility index (Phi) is 8.69. The van der Waals surface area contributed by atoms with Gasteiger partial charge in [-0.05, 0) is 41.7 Å². The zero-order valence-corrected chi connectivity index (χ0v) is 20.7. The third kappa shape index (κ3) is 7.01. The summed E-state index contributed by atoms with van der Waals surface area (Å²) in [6, 6.07) is 27.1. The van der Waals surface area contributed by atoms with Crippen LogP contribution < -0.4 is 0 Å². The standard InChI is InChI=1S/C28H32N2O4S/c31-28(29(23-26-9-5-2-6-10-26)18-17-24-7-3-1-4-8-24)16-13-25-11-14-27(15-12-25)35(32,33)30-19-21-34-22-20-30/h1-12,14-15H,13,16-23H2. The van der Waals surface area contributed by atoms with E-state index >= 15 is 0 Å². The van der Waals surface area contributed by atoms with E-state index in [0.29, 0.717) is 52.2 Å². The zero-order chi connectivity index (χ0) is 24.5. The molecule has 6 nitrogen and oxygen atoms in total. The van der Waals surface area contributed by atoms with Crippen molar-refractivity contribution in [2.75, 3.05) is 32.8 Å². The van der Waals surface area contributed by atoms with Crippen LogP contribution in [0.5, 0.6) is 0 Å². The Bertz CT molecular complexity index is 1180. The van der Waals surface area contributed by atoms with Crippen LogP contribution >= 0.6 is 0 Å². The van der Waals surface area contributed by atoms with E-state index in [2.05, 4.69) is 12.1 Å². The number of carbonyl (C=O) groups excluding carboxylic acids is 1. The molecule has 35 heavy (non-hydrogen) atoms. The van der Waals surface area contributed by atoms with Crippen LogP contribution in [0.2, 0.25) is 0 Å². The van der Waals surface area contributed by atoms with E-state index < -0.39 is 10.0 Å². The minimum absolute atomic E-state index is 0.0924. The monoisotopic (exact) mass is 492 g/mol. The molecule has 1 saturated heterocycles. The summed E-state index contributed by atoms with van der Waals surface area (Å²) in [6.45, 7) is 2.81. The predicted octanol–water partition coefficient (Wildman–Crippen LogP) is 3.91. The van der Waals surface area contributed by atoms with Crippen molar-refractivity contribution in [1.82, 2.24) is 9.21 Å². The van der Waals surface area contributed by atoms with Crippen LogP contribution in [0, 0.1) is 0 Å². The molecule has 7 heteroatoms. The number of sulfonamides is 1. The number of carbonyl (C=O) groups is 1. The summed E-state index contributed by atoms with van der Waals surface area (Å²) in [5.74, 6) is 0.0924. The van der Waals surface area contributed by atoms with Crippen molar-refractivity contribution >= 4 is 15.9 Å². The quantitative estimate of drug-likeness (QED) is 0.430. The minimum atomic E-state index is -3.51. The Hall–Kier alpha value is -3.00. The lowest BCUT2D eigenvalue weighted by atomic mass is 10.1. The average molecular weight is 493 g/mol. The molecule has 0 bridgehead atoms. The SMILES string of the molecule is O=C(CCc1ccc(S(=O)(=O)N2CCOCC2)cc1)N(CCc1ccccc1)Cc1ccccc1. The Morgan fingerprint density at radius 1 is 0.771 bits per heavy atom. The maximum atomic E-state index is 13.2. The molecule has 0 aliphatic carbocycles. The summed E-state index contributed by atoms with van der Waals surface area (Å²) in [5.41, 5.74) is 3.25. The number of nitrogens with zero attached hydrogens (tertiary/aromatic N) is 2. The number of ether oxygens (including phenoxy) is 1. The van der Waals surface area contributed by atoms with E-state index in [1.165, 1.54) is 9.87 Å². The maximum absolute atomic E-state index is 13.2. The highest BCUT2D eigenvalue weighted by molar-refractivity contribution is 7.89. The second kappa shape index (κ2) is 12.1. The number of morpholine rings is 1. The van der Waals surface area contributed by atoms with Crippen LogP contribution in [0.3, 0.4) is 0 Å². The van der Waals surface area contributed by atoms with E-state index in [-0.39, 0.29) is 10.8 Å². The Morgan fingerprint density at radius 2 is 1.34 bits per heavy atom. The molecule has 3 aromatic rings. The van der Waals surface area contributed by atoms with Crippen LogP contribution in [0.4, 0.5) is 0 Å². The highest BCUT2D eigenvalue weighted by Crippen LogP contribution is 2.19. The fourth-order valence-electron chi connectivity index (χ4n) is 4.18. The third-order valence-electron chi connectivity index (χ3n) is 6.24. The normalized spacial score (nSPS) is 14.5. The lowest BCUT2D eigenvalue weighted by molar-refractivity contribution is -0.131. The lowest BCUT2D eigenvalue weighted by Gasteiger charge is -2.26. The van der Waals surface area contributed by atoms with Crippen LogP contribution in [0.1, 0.15) is 23.1 Å². The van der Waals surface area contributed by atoms with Gasteiger partial charge < -0.3 is 9.64 Å². The second-order valence-corrected chi connectivity index (χ2v) is 10.6. The first-order valence-corrected chi connectivity index (χ1v) is 13.5. The molecule has 0 saturated carbocycles. The van der Waals surface area contributed by atoms with Gasteiger partial charge in [-0.2, -0.15) is 4.31 Å². The van der Waals surface area contributed by atoms with E-state index in [4.69, 9.17) is 4.74 Å². The van der Waals surface area contributed by atoms with Gasteiger partial charge in [0.2, 0.25) is 15.9 Å². The van der Waals surface area contributed by atoms with Gasteiger partial charge in [-0.25, -0.2) is 8.42 Å². The largest absolute Gasteiger partial charge is 0.379 e. The molecule has 0 atom stereocenters. The van der Waals surface area contributed by atoms with Crippen LogP contribution in [-0.2, 0) is 38.9 Å². The summed E-state index contributed by atoms with van der Waals surface area (Å²) >= 11 is 0. The van der Waals surface area contributed by atoms with Gasteiger partial charge in [0.1, 0.15) is 0 Å². The summed E-state index contributed by atoms with van der Waals surface area (Å²) in [7, 11) is -3.51. The predicted molar refractivity (Wildman–Crippen MR) is 136 cm³/mol.